The molecule has 1 heterocycles. The van der Waals surface area contributed by atoms with E-state index in [9.17, 15) is 13.6 Å². The van der Waals surface area contributed by atoms with Gasteiger partial charge in [0.15, 0.2) is 16.8 Å². The number of alkyl halides is 1. The first-order chi connectivity index (χ1) is 9.08. The van der Waals surface area contributed by atoms with Crippen LogP contribution >= 0.6 is 22.9 Å². The summed E-state index contributed by atoms with van der Waals surface area (Å²) in [6.45, 7) is 0. The second kappa shape index (κ2) is 6.08. The molecule has 0 fully saturated rings. The normalized spacial score (nSPS) is 10.5. The molecule has 1 amide bonds. The molecular formula is C12H9ClF2N2OS. The Morgan fingerprint density at radius 2 is 2.16 bits per heavy atom. The summed E-state index contributed by atoms with van der Waals surface area (Å²) < 4.78 is 25.7. The van der Waals surface area contributed by atoms with E-state index in [1.807, 2.05) is 0 Å². The highest BCUT2D eigenvalue weighted by molar-refractivity contribution is 7.13. The van der Waals surface area contributed by atoms with Crippen molar-refractivity contribution in [2.75, 3.05) is 5.32 Å². The SMILES string of the molecule is O=C(Cc1ccc(F)c(F)c1)Nc1nc(CCl)cs1. The summed E-state index contributed by atoms with van der Waals surface area (Å²) in [6, 6.07) is 3.36. The van der Waals surface area contributed by atoms with E-state index in [-0.39, 0.29) is 18.2 Å². The van der Waals surface area contributed by atoms with Crippen molar-refractivity contribution in [3.8, 4) is 0 Å². The highest BCUT2D eigenvalue weighted by Gasteiger charge is 2.09. The molecule has 19 heavy (non-hydrogen) atoms. The number of benzene rings is 1. The third-order valence-corrected chi connectivity index (χ3v) is 3.36. The Hall–Kier alpha value is -1.53. The highest BCUT2D eigenvalue weighted by atomic mass is 35.5. The Bertz CT molecular complexity index is 603. The second-order valence-corrected chi connectivity index (χ2v) is 4.88. The third kappa shape index (κ3) is 3.71. The Morgan fingerprint density at radius 3 is 2.79 bits per heavy atom. The van der Waals surface area contributed by atoms with E-state index in [1.165, 1.54) is 17.4 Å². The number of rotatable bonds is 4. The van der Waals surface area contributed by atoms with Crippen LogP contribution < -0.4 is 5.32 Å². The van der Waals surface area contributed by atoms with Crippen molar-refractivity contribution in [1.29, 1.82) is 0 Å². The van der Waals surface area contributed by atoms with Gasteiger partial charge in [0.1, 0.15) is 0 Å². The summed E-state index contributed by atoms with van der Waals surface area (Å²) in [5.41, 5.74) is 1.07. The molecule has 0 saturated carbocycles. The van der Waals surface area contributed by atoms with Crippen molar-refractivity contribution in [3.05, 3.63) is 46.5 Å². The lowest BCUT2D eigenvalue weighted by molar-refractivity contribution is -0.115. The summed E-state index contributed by atoms with van der Waals surface area (Å²) in [7, 11) is 0. The lowest BCUT2D eigenvalue weighted by Gasteiger charge is -2.02. The number of hydrogen-bond acceptors (Lipinski definition) is 3. The Balaban J connectivity index is 1.98. The second-order valence-electron chi connectivity index (χ2n) is 3.75. The maximum Gasteiger partial charge on any atom is 0.230 e. The van der Waals surface area contributed by atoms with Crippen LogP contribution in [0.5, 0.6) is 0 Å². The maximum absolute atomic E-state index is 13.0. The fourth-order valence-corrected chi connectivity index (χ4v) is 2.38. The smallest absolute Gasteiger partial charge is 0.230 e. The molecule has 0 aliphatic heterocycles. The minimum Gasteiger partial charge on any atom is -0.302 e. The van der Waals surface area contributed by atoms with Gasteiger partial charge in [0.2, 0.25) is 5.91 Å². The largest absolute Gasteiger partial charge is 0.302 e. The minimum atomic E-state index is -0.969. The number of nitrogens with one attached hydrogen (secondary N) is 1. The molecule has 2 aromatic rings. The number of carbonyl (C=O) groups is 1. The lowest BCUT2D eigenvalue weighted by atomic mass is 10.1. The minimum absolute atomic E-state index is 0.0486. The van der Waals surface area contributed by atoms with Gasteiger partial charge in [0, 0.05) is 5.38 Å². The molecule has 0 atom stereocenters. The van der Waals surface area contributed by atoms with Crippen molar-refractivity contribution in [2.24, 2.45) is 0 Å². The van der Waals surface area contributed by atoms with Gasteiger partial charge < -0.3 is 5.32 Å². The van der Waals surface area contributed by atoms with Crippen molar-refractivity contribution in [2.45, 2.75) is 12.3 Å². The highest BCUT2D eigenvalue weighted by Crippen LogP contribution is 2.17. The van der Waals surface area contributed by atoms with Gasteiger partial charge in [-0.3, -0.25) is 4.79 Å². The number of halogens is 3. The fraction of sp³-hybridized carbons (Fsp3) is 0.167. The molecule has 3 nitrogen and oxygen atoms in total. The van der Waals surface area contributed by atoms with E-state index >= 15 is 0 Å². The first kappa shape index (κ1) is 13.9. The molecule has 1 N–H and O–H groups in total. The number of carbonyl (C=O) groups excluding carboxylic acids is 1. The Morgan fingerprint density at radius 1 is 1.37 bits per heavy atom. The number of anilines is 1. The first-order valence-electron chi connectivity index (χ1n) is 5.32. The maximum atomic E-state index is 13.0. The summed E-state index contributed by atoms with van der Waals surface area (Å²) in [6.07, 6.45) is -0.0486. The van der Waals surface area contributed by atoms with Gasteiger partial charge in [0.25, 0.3) is 0 Å². The molecule has 0 aliphatic rings. The molecule has 7 heteroatoms. The van der Waals surface area contributed by atoms with Crippen LogP contribution in [-0.2, 0) is 17.1 Å². The first-order valence-corrected chi connectivity index (χ1v) is 6.74. The van der Waals surface area contributed by atoms with Crippen molar-refractivity contribution in [3.63, 3.8) is 0 Å². The van der Waals surface area contributed by atoms with Gasteiger partial charge in [-0.15, -0.1) is 22.9 Å². The molecule has 0 saturated heterocycles. The zero-order valence-electron chi connectivity index (χ0n) is 9.62. The molecule has 0 spiro atoms. The molecule has 2 rings (SSSR count). The van der Waals surface area contributed by atoms with Crippen molar-refractivity contribution < 1.29 is 13.6 Å². The molecule has 1 aromatic carbocycles. The molecule has 0 aliphatic carbocycles. The van der Waals surface area contributed by atoms with Crippen LogP contribution in [0, 0.1) is 11.6 Å². The van der Waals surface area contributed by atoms with Gasteiger partial charge in [-0.05, 0) is 17.7 Å². The molecule has 0 unspecified atom stereocenters. The van der Waals surface area contributed by atoms with E-state index < -0.39 is 11.6 Å². The monoisotopic (exact) mass is 302 g/mol. The average Bonchev–Trinajstić information content (AvgIpc) is 2.81. The van der Waals surface area contributed by atoms with Gasteiger partial charge >= 0.3 is 0 Å². The zero-order chi connectivity index (χ0) is 13.8. The number of amides is 1. The number of thiazole rings is 1. The molecule has 100 valence electrons. The molecule has 0 bridgehead atoms. The fourth-order valence-electron chi connectivity index (χ4n) is 1.42. The van der Waals surface area contributed by atoms with Gasteiger partial charge in [-0.25, -0.2) is 13.8 Å². The van der Waals surface area contributed by atoms with E-state index in [0.717, 1.165) is 12.1 Å². The van der Waals surface area contributed by atoms with Gasteiger partial charge in [-0.1, -0.05) is 6.07 Å². The standard InChI is InChI=1S/C12H9ClF2N2OS/c13-5-8-6-19-12(16-8)17-11(18)4-7-1-2-9(14)10(15)3-7/h1-3,6H,4-5H2,(H,16,17,18). The summed E-state index contributed by atoms with van der Waals surface area (Å²) >= 11 is 6.85. The lowest BCUT2D eigenvalue weighted by Crippen LogP contribution is -2.14. The van der Waals surface area contributed by atoms with Crippen molar-refractivity contribution >= 4 is 34.0 Å². The van der Waals surface area contributed by atoms with Crippen LogP contribution in [0.15, 0.2) is 23.6 Å². The van der Waals surface area contributed by atoms with Crippen LogP contribution in [0.1, 0.15) is 11.3 Å². The molecular weight excluding hydrogens is 294 g/mol. The predicted octanol–water partition coefficient (Wildman–Crippen LogP) is 3.34. The van der Waals surface area contributed by atoms with E-state index in [4.69, 9.17) is 11.6 Å². The van der Waals surface area contributed by atoms with Crippen LogP contribution in [0.4, 0.5) is 13.9 Å². The Kier molecular flexibility index (Phi) is 4.44. The molecule has 0 radical (unpaired) electrons. The van der Waals surface area contributed by atoms with Crippen LogP contribution in [0.2, 0.25) is 0 Å². The average molecular weight is 303 g/mol. The summed E-state index contributed by atoms with van der Waals surface area (Å²) in [4.78, 5) is 15.7. The van der Waals surface area contributed by atoms with E-state index in [2.05, 4.69) is 10.3 Å². The number of aromatic nitrogens is 1. The third-order valence-electron chi connectivity index (χ3n) is 2.28. The zero-order valence-corrected chi connectivity index (χ0v) is 11.2. The van der Waals surface area contributed by atoms with Crippen LogP contribution in [-0.4, -0.2) is 10.9 Å². The van der Waals surface area contributed by atoms with E-state index in [0.29, 0.717) is 16.4 Å². The van der Waals surface area contributed by atoms with Gasteiger partial charge in [0.05, 0.1) is 18.0 Å². The summed E-state index contributed by atoms with van der Waals surface area (Å²) in [5.74, 6) is -1.98. The van der Waals surface area contributed by atoms with Crippen molar-refractivity contribution in [1.82, 2.24) is 4.98 Å². The topological polar surface area (TPSA) is 42.0 Å². The predicted molar refractivity (Wildman–Crippen MR) is 70.4 cm³/mol. The van der Waals surface area contributed by atoms with Gasteiger partial charge in [-0.2, -0.15) is 0 Å². The van der Waals surface area contributed by atoms with E-state index in [1.54, 1.807) is 5.38 Å². The van der Waals surface area contributed by atoms with Crippen LogP contribution in [0.25, 0.3) is 0 Å². The molecule has 1 aromatic heterocycles. The number of nitrogens with zero attached hydrogens (tertiary/aromatic N) is 1. The number of hydrogen-bond donors (Lipinski definition) is 1. The summed E-state index contributed by atoms with van der Waals surface area (Å²) in [5, 5.41) is 4.74. The van der Waals surface area contributed by atoms with Crippen LogP contribution in [0.3, 0.4) is 0 Å². The quantitative estimate of drug-likeness (QED) is 0.880. The Labute approximate surface area is 117 Å².